The summed E-state index contributed by atoms with van der Waals surface area (Å²) >= 11 is 0. The second kappa shape index (κ2) is 11.6. The van der Waals surface area contributed by atoms with E-state index in [2.05, 4.69) is 10.6 Å². The van der Waals surface area contributed by atoms with Crippen LogP contribution in [0.15, 0.2) is 18.3 Å². The highest BCUT2D eigenvalue weighted by Gasteiger charge is 2.30. The zero-order valence-electron chi connectivity index (χ0n) is 20.4. The van der Waals surface area contributed by atoms with Crippen LogP contribution in [0, 0.1) is 5.92 Å². The van der Waals surface area contributed by atoms with Crippen molar-refractivity contribution < 1.29 is 24.2 Å². The maximum atomic E-state index is 13.5. The highest BCUT2D eigenvalue weighted by molar-refractivity contribution is 6.00. The number of methoxy groups -OCH3 is 1. The van der Waals surface area contributed by atoms with Gasteiger partial charge in [-0.1, -0.05) is 38.5 Å². The fourth-order valence-corrected chi connectivity index (χ4v) is 5.63. The molecular weight excluding hydrogens is 448 g/mol. The molecule has 1 unspecified atom stereocenters. The van der Waals surface area contributed by atoms with Crippen molar-refractivity contribution in [1.82, 2.24) is 14.7 Å². The van der Waals surface area contributed by atoms with Crippen molar-refractivity contribution in [3.63, 3.8) is 0 Å². The average molecular weight is 485 g/mol. The molecule has 2 fully saturated rings. The zero-order chi connectivity index (χ0) is 24.8. The van der Waals surface area contributed by atoms with Crippen molar-refractivity contribution >= 4 is 29.3 Å². The number of pyridine rings is 1. The molecule has 9 heteroatoms. The Kier molecular flexibility index (Phi) is 8.25. The molecule has 0 radical (unpaired) electrons. The number of aliphatic carboxylic acids is 1. The van der Waals surface area contributed by atoms with Gasteiger partial charge in [-0.25, -0.2) is 4.98 Å². The number of fused-ring (bicyclic) bond motifs is 1. The summed E-state index contributed by atoms with van der Waals surface area (Å²) in [6.45, 7) is 0.00278. The van der Waals surface area contributed by atoms with E-state index in [0.717, 1.165) is 63.5 Å². The number of carbonyl (C=O) groups is 3. The van der Waals surface area contributed by atoms with E-state index < -0.39 is 12.0 Å². The Morgan fingerprint density at radius 2 is 1.80 bits per heavy atom. The van der Waals surface area contributed by atoms with E-state index in [1.165, 1.54) is 13.5 Å². The van der Waals surface area contributed by atoms with Crippen molar-refractivity contribution in [2.24, 2.45) is 5.92 Å². The lowest BCUT2D eigenvalue weighted by atomic mass is 9.82. The normalized spacial score (nSPS) is 18.2. The first-order valence-electron chi connectivity index (χ1n) is 12.8. The minimum Gasteiger partial charge on any atom is -0.481 e. The standard InChI is InChI=1S/C26H36N4O5/c1-35-22(33)16-27-25-23(18-11-6-3-7-12-18)29-24-19(13-8-14-30(24)25)26(34)28-20(15-21(31)32)17-9-4-2-5-10-17/h8,13-14,17-18,20,27H,2-7,9-12,15-16H2,1H3,(H,28,34)(H,31,32). The molecule has 190 valence electrons. The molecule has 1 amide bonds. The van der Waals surface area contributed by atoms with Crippen molar-refractivity contribution in [2.45, 2.75) is 82.6 Å². The lowest BCUT2D eigenvalue weighted by Gasteiger charge is -2.30. The molecule has 3 N–H and O–H groups in total. The average Bonchev–Trinajstić information content (AvgIpc) is 3.26. The third-order valence-corrected chi connectivity index (χ3v) is 7.47. The number of carboxylic acid groups (broad SMARTS) is 1. The molecule has 2 aromatic rings. The van der Waals surface area contributed by atoms with Gasteiger partial charge in [0.05, 0.1) is 24.8 Å². The number of aromatic nitrogens is 2. The number of rotatable bonds is 9. The molecule has 0 spiro atoms. The van der Waals surface area contributed by atoms with Crippen LogP contribution < -0.4 is 10.6 Å². The topological polar surface area (TPSA) is 122 Å². The summed E-state index contributed by atoms with van der Waals surface area (Å²) < 4.78 is 6.63. The van der Waals surface area contributed by atoms with Crippen molar-refractivity contribution in [3.05, 3.63) is 29.6 Å². The Labute approximate surface area is 205 Å². The number of hydrogen-bond acceptors (Lipinski definition) is 6. The maximum Gasteiger partial charge on any atom is 0.325 e. The Balaban J connectivity index is 1.66. The monoisotopic (exact) mass is 484 g/mol. The molecule has 2 aromatic heterocycles. The Morgan fingerprint density at radius 1 is 1.11 bits per heavy atom. The Hall–Kier alpha value is -3.10. The van der Waals surface area contributed by atoms with Gasteiger partial charge in [-0.2, -0.15) is 0 Å². The summed E-state index contributed by atoms with van der Waals surface area (Å²) in [6.07, 6.45) is 12.4. The fourth-order valence-electron chi connectivity index (χ4n) is 5.63. The van der Waals surface area contributed by atoms with Crippen LogP contribution in [0.3, 0.4) is 0 Å². The number of esters is 1. The fraction of sp³-hybridized carbons (Fsp3) is 0.615. The number of carbonyl (C=O) groups excluding carboxylic acids is 2. The van der Waals surface area contributed by atoms with E-state index in [1.807, 2.05) is 10.6 Å². The minimum absolute atomic E-state index is 0.00278. The van der Waals surface area contributed by atoms with Crippen LogP contribution in [-0.2, 0) is 14.3 Å². The molecule has 0 bridgehead atoms. The molecule has 2 aliphatic carbocycles. The minimum atomic E-state index is -0.909. The molecular formula is C26H36N4O5. The quantitative estimate of drug-likeness (QED) is 0.458. The van der Waals surface area contributed by atoms with E-state index in [-0.39, 0.29) is 36.7 Å². The van der Waals surface area contributed by atoms with E-state index >= 15 is 0 Å². The summed E-state index contributed by atoms with van der Waals surface area (Å²) in [5, 5.41) is 15.7. The molecule has 0 saturated heterocycles. The molecule has 9 nitrogen and oxygen atoms in total. The van der Waals surface area contributed by atoms with Gasteiger partial charge in [-0.3, -0.25) is 18.8 Å². The first-order chi connectivity index (χ1) is 17.0. The molecule has 35 heavy (non-hydrogen) atoms. The van der Waals surface area contributed by atoms with Crippen LogP contribution in [0.2, 0.25) is 0 Å². The van der Waals surface area contributed by atoms with Gasteiger partial charge in [0.25, 0.3) is 5.91 Å². The van der Waals surface area contributed by atoms with Gasteiger partial charge >= 0.3 is 11.9 Å². The van der Waals surface area contributed by atoms with Gasteiger partial charge in [0, 0.05) is 18.2 Å². The third-order valence-electron chi connectivity index (χ3n) is 7.47. The number of nitrogens with one attached hydrogen (secondary N) is 2. The number of imidazole rings is 1. The van der Waals surface area contributed by atoms with E-state index in [0.29, 0.717) is 17.0 Å². The van der Waals surface area contributed by atoms with Crippen LogP contribution >= 0.6 is 0 Å². The van der Waals surface area contributed by atoms with Crippen molar-refractivity contribution in [3.8, 4) is 0 Å². The molecule has 0 aliphatic heterocycles. The lowest BCUT2D eigenvalue weighted by Crippen LogP contribution is -2.42. The van der Waals surface area contributed by atoms with Crippen LogP contribution in [0.4, 0.5) is 5.82 Å². The lowest BCUT2D eigenvalue weighted by molar-refractivity contribution is -0.139. The van der Waals surface area contributed by atoms with Gasteiger partial charge in [-0.05, 0) is 43.7 Å². The predicted molar refractivity (Wildman–Crippen MR) is 132 cm³/mol. The van der Waals surface area contributed by atoms with Gasteiger partial charge in [-0.15, -0.1) is 0 Å². The van der Waals surface area contributed by atoms with Crippen LogP contribution in [-0.4, -0.2) is 52.0 Å². The molecule has 2 saturated carbocycles. The van der Waals surface area contributed by atoms with Gasteiger partial charge in [0.15, 0.2) is 5.65 Å². The largest absolute Gasteiger partial charge is 0.481 e. The SMILES string of the molecule is COC(=O)CNc1c(C2CCCCC2)nc2c(C(=O)NC(CC(=O)O)C3CCCCC3)cccn12. The highest BCUT2D eigenvalue weighted by atomic mass is 16.5. The third kappa shape index (κ3) is 5.94. The van der Waals surface area contributed by atoms with Crippen LogP contribution in [0.1, 0.15) is 92.6 Å². The second-order valence-corrected chi connectivity index (χ2v) is 9.80. The Morgan fingerprint density at radius 3 is 2.46 bits per heavy atom. The number of nitrogens with zero attached hydrogens (tertiary/aromatic N) is 2. The molecule has 0 aromatic carbocycles. The van der Waals surface area contributed by atoms with Crippen molar-refractivity contribution in [1.29, 1.82) is 0 Å². The summed E-state index contributed by atoms with van der Waals surface area (Å²) in [6, 6.07) is 3.10. The first kappa shape index (κ1) is 25.0. The Bertz CT molecular complexity index is 1050. The number of amides is 1. The molecule has 4 rings (SSSR count). The van der Waals surface area contributed by atoms with Gasteiger partial charge < -0.3 is 20.5 Å². The van der Waals surface area contributed by atoms with Crippen molar-refractivity contribution in [2.75, 3.05) is 19.0 Å². The van der Waals surface area contributed by atoms with Gasteiger partial charge in [0.2, 0.25) is 0 Å². The summed E-state index contributed by atoms with van der Waals surface area (Å²) in [5.74, 6) is -0.477. The molecule has 2 heterocycles. The summed E-state index contributed by atoms with van der Waals surface area (Å²) in [7, 11) is 1.35. The number of carboxylic acids is 1. The molecule has 2 aliphatic rings. The summed E-state index contributed by atoms with van der Waals surface area (Å²) in [5.41, 5.74) is 1.78. The highest BCUT2D eigenvalue weighted by Crippen LogP contribution is 2.37. The number of ether oxygens (including phenoxy) is 1. The summed E-state index contributed by atoms with van der Waals surface area (Å²) in [4.78, 5) is 41.7. The predicted octanol–water partition coefficient (Wildman–Crippen LogP) is 4.12. The second-order valence-electron chi connectivity index (χ2n) is 9.80. The van der Waals surface area contributed by atoms with E-state index in [9.17, 15) is 19.5 Å². The van der Waals surface area contributed by atoms with Gasteiger partial charge in [0.1, 0.15) is 12.4 Å². The smallest absolute Gasteiger partial charge is 0.325 e. The van der Waals surface area contributed by atoms with E-state index in [4.69, 9.17) is 9.72 Å². The van der Waals surface area contributed by atoms with Crippen LogP contribution in [0.25, 0.3) is 5.65 Å². The zero-order valence-corrected chi connectivity index (χ0v) is 20.4. The number of anilines is 1. The van der Waals surface area contributed by atoms with E-state index in [1.54, 1.807) is 12.1 Å². The first-order valence-corrected chi connectivity index (χ1v) is 12.8. The maximum absolute atomic E-state index is 13.5. The number of hydrogen-bond donors (Lipinski definition) is 3. The molecule has 1 atom stereocenters. The van der Waals surface area contributed by atoms with Crippen LogP contribution in [0.5, 0.6) is 0 Å².